The molecule has 112 valence electrons. The first-order chi connectivity index (χ1) is 11.1. The zero-order valence-electron chi connectivity index (χ0n) is 13.7. The van der Waals surface area contributed by atoms with Crippen molar-refractivity contribution in [3.05, 3.63) is 82.9 Å². The molecule has 0 atom stereocenters. The maximum absolute atomic E-state index is 8.93. The first-order valence-corrected chi connectivity index (χ1v) is 7.78. The number of benzene rings is 3. The molecule has 0 saturated heterocycles. The second-order valence-electron chi connectivity index (χ2n) is 5.97. The summed E-state index contributed by atoms with van der Waals surface area (Å²) in [5.74, 6) is 0. The van der Waals surface area contributed by atoms with Crippen molar-refractivity contribution in [2.24, 2.45) is 0 Å². The lowest BCUT2D eigenvalue weighted by Gasteiger charge is -2.14. The lowest BCUT2D eigenvalue weighted by Crippen LogP contribution is -1.92. The minimum absolute atomic E-state index is 0.694. The van der Waals surface area contributed by atoms with Crippen LogP contribution in [-0.2, 0) is 0 Å². The quantitative estimate of drug-likeness (QED) is 0.585. The summed E-state index contributed by atoms with van der Waals surface area (Å²) in [5.41, 5.74) is 9.46. The molecule has 0 aliphatic rings. The molecule has 0 aliphatic heterocycles. The molecular formula is C22H19N. The molecule has 23 heavy (non-hydrogen) atoms. The van der Waals surface area contributed by atoms with Crippen LogP contribution in [0.5, 0.6) is 0 Å². The van der Waals surface area contributed by atoms with E-state index in [0.29, 0.717) is 5.56 Å². The van der Waals surface area contributed by atoms with Gasteiger partial charge in [0, 0.05) is 0 Å². The second kappa shape index (κ2) is 6.10. The zero-order chi connectivity index (χ0) is 16.4. The van der Waals surface area contributed by atoms with Crippen molar-refractivity contribution >= 4 is 0 Å². The molecule has 0 unspecified atom stereocenters. The van der Waals surface area contributed by atoms with Crippen LogP contribution in [0.4, 0.5) is 0 Å². The SMILES string of the molecule is Cc1ccc(-c2ccc(-c3ccc(C#N)cc3)c(C)c2C)cc1. The Balaban J connectivity index is 2.06. The van der Waals surface area contributed by atoms with Crippen molar-refractivity contribution in [1.29, 1.82) is 5.26 Å². The molecule has 1 heteroatoms. The predicted octanol–water partition coefficient (Wildman–Crippen LogP) is 5.82. The van der Waals surface area contributed by atoms with Gasteiger partial charge >= 0.3 is 0 Å². The monoisotopic (exact) mass is 297 g/mol. The van der Waals surface area contributed by atoms with Crippen LogP contribution in [-0.4, -0.2) is 0 Å². The summed E-state index contributed by atoms with van der Waals surface area (Å²) < 4.78 is 0. The first kappa shape index (κ1) is 15.1. The highest BCUT2D eigenvalue weighted by Crippen LogP contribution is 2.32. The third-order valence-corrected chi connectivity index (χ3v) is 4.47. The van der Waals surface area contributed by atoms with Crippen LogP contribution in [0.3, 0.4) is 0 Å². The van der Waals surface area contributed by atoms with E-state index in [1.807, 2.05) is 24.3 Å². The maximum atomic E-state index is 8.93. The maximum Gasteiger partial charge on any atom is 0.0991 e. The first-order valence-electron chi connectivity index (χ1n) is 7.78. The van der Waals surface area contributed by atoms with Gasteiger partial charge in [-0.05, 0) is 66.3 Å². The normalized spacial score (nSPS) is 10.3. The van der Waals surface area contributed by atoms with Crippen LogP contribution >= 0.6 is 0 Å². The van der Waals surface area contributed by atoms with Gasteiger partial charge in [-0.2, -0.15) is 5.26 Å². The molecule has 0 amide bonds. The van der Waals surface area contributed by atoms with Crippen LogP contribution in [0, 0.1) is 32.1 Å². The van der Waals surface area contributed by atoms with Crippen molar-refractivity contribution in [3.63, 3.8) is 0 Å². The third kappa shape index (κ3) is 2.89. The Hall–Kier alpha value is -2.85. The smallest absolute Gasteiger partial charge is 0.0991 e. The molecule has 0 N–H and O–H groups in total. The number of hydrogen-bond donors (Lipinski definition) is 0. The van der Waals surface area contributed by atoms with Crippen molar-refractivity contribution in [2.75, 3.05) is 0 Å². The molecule has 0 radical (unpaired) electrons. The topological polar surface area (TPSA) is 23.8 Å². The Morgan fingerprint density at radius 3 is 1.48 bits per heavy atom. The van der Waals surface area contributed by atoms with E-state index in [4.69, 9.17) is 5.26 Å². The van der Waals surface area contributed by atoms with Crippen LogP contribution in [0.1, 0.15) is 22.3 Å². The number of hydrogen-bond acceptors (Lipinski definition) is 1. The van der Waals surface area contributed by atoms with E-state index in [-0.39, 0.29) is 0 Å². The number of aryl methyl sites for hydroxylation is 1. The highest BCUT2D eigenvalue weighted by molar-refractivity contribution is 5.77. The van der Waals surface area contributed by atoms with E-state index in [2.05, 4.69) is 63.2 Å². The van der Waals surface area contributed by atoms with Crippen LogP contribution in [0.25, 0.3) is 22.3 Å². The van der Waals surface area contributed by atoms with Gasteiger partial charge in [0.15, 0.2) is 0 Å². The van der Waals surface area contributed by atoms with E-state index >= 15 is 0 Å². The Kier molecular flexibility index (Phi) is 4.00. The average Bonchev–Trinajstić information content (AvgIpc) is 2.58. The molecule has 0 fully saturated rings. The predicted molar refractivity (Wildman–Crippen MR) is 96.2 cm³/mol. The van der Waals surface area contributed by atoms with Gasteiger partial charge in [0.2, 0.25) is 0 Å². The molecule has 0 saturated carbocycles. The molecule has 0 aromatic heterocycles. The van der Waals surface area contributed by atoms with Crippen molar-refractivity contribution in [3.8, 4) is 28.3 Å². The molecule has 0 aliphatic carbocycles. The lowest BCUT2D eigenvalue weighted by atomic mass is 9.90. The molecule has 0 bridgehead atoms. The summed E-state index contributed by atoms with van der Waals surface area (Å²) in [4.78, 5) is 0. The van der Waals surface area contributed by atoms with Gasteiger partial charge in [0.05, 0.1) is 11.6 Å². The fraction of sp³-hybridized carbons (Fsp3) is 0.136. The Morgan fingerprint density at radius 1 is 0.609 bits per heavy atom. The minimum Gasteiger partial charge on any atom is -0.192 e. The molecule has 3 rings (SSSR count). The van der Waals surface area contributed by atoms with Crippen LogP contribution < -0.4 is 0 Å². The summed E-state index contributed by atoms with van der Waals surface area (Å²) in [6, 6.07) is 23.0. The molecule has 1 nitrogen and oxygen atoms in total. The van der Waals surface area contributed by atoms with Gasteiger partial charge in [-0.1, -0.05) is 54.1 Å². The average molecular weight is 297 g/mol. The number of nitrogens with zero attached hydrogens (tertiary/aromatic N) is 1. The number of nitriles is 1. The molecule has 3 aromatic rings. The third-order valence-electron chi connectivity index (χ3n) is 4.47. The summed E-state index contributed by atoms with van der Waals surface area (Å²) in [6.45, 7) is 6.45. The van der Waals surface area contributed by atoms with Crippen LogP contribution in [0.15, 0.2) is 60.7 Å². The summed E-state index contributed by atoms with van der Waals surface area (Å²) in [7, 11) is 0. The fourth-order valence-corrected chi connectivity index (χ4v) is 2.90. The second-order valence-corrected chi connectivity index (χ2v) is 5.97. The lowest BCUT2D eigenvalue weighted by molar-refractivity contribution is 1.33. The standard InChI is InChI=1S/C22H19N/c1-15-4-8-19(9-5-15)21-12-13-22(17(3)16(21)2)20-10-6-18(14-23)7-11-20/h4-13H,1-3H3. The Labute approximate surface area is 137 Å². The molecule has 0 heterocycles. The van der Waals surface area contributed by atoms with Gasteiger partial charge in [0.1, 0.15) is 0 Å². The summed E-state index contributed by atoms with van der Waals surface area (Å²) in [5, 5.41) is 8.93. The van der Waals surface area contributed by atoms with Crippen molar-refractivity contribution in [1.82, 2.24) is 0 Å². The zero-order valence-corrected chi connectivity index (χ0v) is 13.7. The van der Waals surface area contributed by atoms with E-state index in [1.54, 1.807) is 0 Å². The highest BCUT2D eigenvalue weighted by atomic mass is 14.2. The van der Waals surface area contributed by atoms with E-state index in [1.165, 1.54) is 33.4 Å². The summed E-state index contributed by atoms with van der Waals surface area (Å²) in [6.07, 6.45) is 0. The van der Waals surface area contributed by atoms with Gasteiger partial charge in [0.25, 0.3) is 0 Å². The van der Waals surface area contributed by atoms with Crippen molar-refractivity contribution in [2.45, 2.75) is 20.8 Å². The van der Waals surface area contributed by atoms with Crippen molar-refractivity contribution < 1.29 is 0 Å². The molecule has 0 spiro atoms. The fourth-order valence-electron chi connectivity index (χ4n) is 2.90. The van der Waals surface area contributed by atoms with Crippen LogP contribution in [0.2, 0.25) is 0 Å². The number of rotatable bonds is 2. The van der Waals surface area contributed by atoms with Gasteiger partial charge in [-0.3, -0.25) is 0 Å². The largest absolute Gasteiger partial charge is 0.192 e. The van der Waals surface area contributed by atoms with Gasteiger partial charge < -0.3 is 0 Å². The summed E-state index contributed by atoms with van der Waals surface area (Å²) >= 11 is 0. The van der Waals surface area contributed by atoms with E-state index in [9.17, 15) is 0 Å². The van der Waals surface area contributed by atoms with E-state index < -0.39 is 0 Å². The Morgan fingerprint density at radius 2 is 1.04 bits per heavy atom. The molecular weight excluding hydrogens is 278 g/mol. The Bertz CT molecular complexity index is 879. The van der Waals surface area contributed by atoms with Gasteiger partial charge in [-0.25, -0.2) is 0 Å². The van der Waals surface area contributed by atoms with E-state index in [0.717, 1.165) is 5.56 Å². The molecule has 3 aromatic carbocycles. The minimum atomic E-state index is 0.694. The van der Waals surface area contributed by atoms with Gasteiger partial charge in [-0.15, -0.1) is 0 Å². The highest BCUT2D eigenvalue weighted by Gasteiger charge is 2.09.